The number of hydrogen-bond acceptors (Lipinski definition) is 2. The number of carboxylic acids is 1. The largest absolute Gasteiger partial charge is 0.507 e. The number of hydrogen-bond donors (Lipinski definition) is 2. The normalized spacial score (nSPS) is 12.5. The molecule has 0 radical (unpaired) electrons. The van der Waals surface area contributed by atoms with Crippen LogP contribution in [0.5, 0.6) is 5.75 Å². The number of aliphatic carboxylic acids is 1. The van der Waals surface area contributed by atoms with Gasteiger partial charge in [0.25, 0.3) is 0 Å². The van der Waals surface area contributed by atoms with E-state index in [0.29, 0.717) is 12.1 Å². The number of phenolic OH excluding ortho intramolecular Hbond substituents is 1. The van der Waals surface area contributed by atoms with Crippen LogP contribution in [0, 0.1) is 11.6 Å². The molecule has 0 bridgehead atoms. The minimum absolute atomic E-state index is 0.404. The summed E-state index contributed by atoms with van der Waals surface area (Å²) in [7, 11) is 0. The fourth-order valence-corrected chi connectivity index (χ4v) is 1.12. The van der Waals surface area contributed by atoms with E-state index in [1.807, 2.05) is 0 Å². The zero-order chi connectivity index (χ0) is 10.9. The number of carbonyl (C=O) groups is 1. The van der Waals surface area contributed by atoms with Crippen molar-refractivity contribution in [3.05, 3.63) is 29.3 Å². The van der Waals surface area contributed by atoms with Crippen molar-refractivity contribution >= 4 is 5.97 Å². The van der Waals surface area contributed by atoms with Crippen LogP contribution in [-0.2, 0) is 4.79 Å². The van der Waals surface area contributed by atoms with Gasteiger partial charge in [0.2, 0.25) is 0 Å². The SMILES string of the molecule is CC(C(=O)O)c1c(O)cc(F)cc1F. The first-order chi connectivity index (χ1) is 6.43. The van der Waals surface area contributed by atoms with Crippen LogP contribution >= 0.6 is 0 Å². The maximum absolute atomic E-state index is 13.1. The second kappa shape index (κ2) is 3.61. The monoisotopic (exact) mass is 202 g/mol. The van der Waals surface area contributed by atoms with Crippen LogP contribution in [0.3, 0.4) is 0 Å². The second-order valence-corrected chi connectivity index (χ2v) is 2.88. The van der Waals surface area contributed by atoms with Crippen LogP contribution in [-0.4, -0.2) is 16.2 Å². The first-order valence-corrected chi connectivity index (χ1v) is 3.84. The highest BCUT2D eigenvalue weighted by Gasteiger charge is 2.22. The Labute approximate surface area is 78.6 Å². The number of benzene rings is 1. The lowest BCUT2D eigenvalue weighted by Gasteiger charge is -2.09. The molecule has 0 aliphatic rings. The summed E-state index contributed by atoms with van der Waals surface area (Å²) < 4.78 is 25.6. The standard InChI is InChI=1S/C9H8F2O3/c1-4(9(13)14)8-6(11)2-5(10)3-7(8)12/h2-4,12H,1H3,(H,13,14). The summed E-state index contributed by atoms with van der Waals surface area (Å²) in [4.78, 5) is 10.5. The van der Waals surface area contributed by atoms with E-state index in [4.69, 9.17) is 10.2 Å². The van der Waals surface area contributed by atoms with Crippen LogP contribution in [0.2, 0.25) is 0 Å². The number of rotatable bonds is 2. The molecule has 3 nitrogen and oxygen atoms in total. The summed E-state index contributed by atoms with van der Waals surface area (Å²) in [5.74, 6) is -5.18. The zero-order valence-electron chi connectivity index (χ0n) is 7.29. The molecule has 0 aliphatic carbocycles. The fraction of sp³-hybridized carbons (Fsp3) is 0.222. The molecular weight excluding hydrogens is 194 g/mol. The zero-order valence-corrected chi connectivity index (χ0v) is 7.29. The van der Waals surface area contributed by atoms with Gasteiger partial charge in [-0.3, -0.25) is 4.79 Å². The van der Waals surface area contributed by atoms with E-state index in [1.54, 1.807) is 0 Å². The summed E-state index contributed by atoms with van der Waals surface area (Å²) in [5, 5.41) is 17.7. The molecule has 0 heterocycles. The summed E-state index contributed by atoms with van der Waals surface area (Å²) in [6, 6.07) is 1.21. The minimum Gasteiger partial charge on any atom is -0.507 e. The topological polar surface area (TPSA) is 57.5 Å². The first kappa shape index (κ1) is 10.4. The predicted molar refractivity (Wildman–Crippen MR) is 44.1 cm³/mol. The molecule has 14 heavy (non-hydrogen) atoms. The fourth-order valence-electron chi connectivity index (χ4n) is 1.12. The third-order valence-electron chi connectivity index (χ3n) is 1.88. The van der Waals surface area contributed by atoms with Gasteiger partial charge in [-0.25, -0.2) is 8.78 Å². The third-order valence-corrected chi connectivity index (χ3v) is 1.88. The van der Waals surface area contributed by atoms with Crippen LogP contribution in [0.4, 0.5) is 8.78 Å². The summed E-state index contributed by atoms with van der Waals surface area (Å²) >= 11 is 0. The van der Waals surface area contributed by atoms with Gasteiger partial charge in [0.15, 0.2) is 0 Å². The quantitative estimate of drug-likeness (QED) is 0.769. The van der Waals surface area contributed by atoms with Gasteiger partial charge in [0, 0.05) is 17.7 Å². The molecule has 1 rings (SSSR count). The number of phenols is 1. The Morgan fingerprint density at radius 3 is 2.43 bits per heavy atom. The summed E-state index contributed by atoms with van der Waals surface area (Å²) in [5.41, 5.74) is -0.404. The van der Waals surface area contributed by atoms with Crippen LogP contribution in [0.15, 0.2) is 12.1 Å². The van der Waals surface area contributed by atoms with Crippen molar-refractivity contribution in [2.45, 2.75) is 12.8 Å². The highest BCUT2D eigenvalue weighted by Crippen LogP contribution is 2.29. The van der Waals surface area contributed by atoms with Gasteiger partial charge in [-0.1, -0.05) is 0 Å². The van der Waals surface area contributed by atoms with E-state index >= 15 is 0 Å². The maximum atomic E-state index is 13.1. The van der Waals surface area contributed by atoms with Gasteiger partial charge in [0.1, 0.15) is 17.4 Å². The lowest BCUT2D eigenvalue weighted by molar-refractivity contribution is -0.138. The molecule has 1 atom stereocenters. The maximum Gasteiger partial charge on any atom is 0.310 e. The second-order valence-electron chi connectivity index (χ2n) is 2.88. The minimum atomic E-state index is -1.29. The highest BCUT2D eigenvalue weighted by atomic mass is 19.1. The van der Waals surface area contributed by atoms with E-state index < -0.39 is 34.8 Å². The van der Waals surface area contributed by atoms with Crippen molar-refractivity contribution in [2.75, 3.05) is 0 Å². The average Bonchev–Trinajstić information content (AvgIpc) is 2.01. The molecule has 0 saturated carbocycles. The molecule has 1 aromatic carbocycles. The molecule has 0 amide bonds. The van der Waals surface area contributed by atoms with E-state index in [1.165, 1.54) is 6.92 Å². The Kier molecular flexibility index (Phi) is 2.69. The lowest BCUT2D eigenvalue weighted by Crippen LogP contribution is -2.09. The van der Waals surface area contributed by atoms with Gasteiger partial charge < -0.3 is 10.2 Å². The molecule has 0 spiro atoms. The Balaban J connectivity index is 3.27. The molecule has 0 aromatic heterocycles. The first-order valence-electron chi connectivity index (χ1n) is 3.84. The third kappa shape index (κ3) is 1.81. The van der Waals surface area contributed by atoms with Crippen LogP contribution < -0.4 is 0 Å². The smallest absolute Gasteiger partial charge is 0.310 e. The van der Waals surface area contributed by atoms with Gasteiger partial charge in [-0.15, -0.1) is 0 Å². The van der Waals surface area contributed by atoms with Gasteiger partial charge in [-0.2, -0.15) is 0 Å². The molecule has 76 valence electrons. The summed E-state index contributed by atoms with van der Waals surface area (Å²) in [6.07, 6.45) is 0. The molecular formula is C9H8F2O3. The van der Waals surface area contributed by atoms with Crippen molar-refractivity contribution < 1.29 is 23.8 Å². The van der Waals surface area contributed by atoms with E-state index in [0.717, 1.165) is 0 Å². The van der Waals surface area contributed by atoms with Gasteiger partial charge in [0.05, 0.1) is 5.92 Å². The Hall–Kier alpha value is -1.65. The average molecular weight is 202 g/mol. The number of carboxylic acid groups (broad SMARTS) is 1. The number of halogens is 2. The van der Waals surface area contributed by atoms with E-state index in [9.17, 15) is 13.6 Å². The molecule has 0 fully saturated rings. The van der Waals surface area contributed by atoms with Crippen molar-refractivity contribution in [2.24, 2.45) is 0 Å². The van der Waals surface area contributed by atoms with Gasteiger partial charge >= 0.3 is 5.97 Å². The molecule has 2 N–H and O–H groups in total. The van der Waals surface area contributed by atoms with Crippen molar-refractivity contribution in [3.8, 4) is 5.75 Å². The Morgan fingerprint density at radius 2 is 2.00 bits per heavy atom. The molecule has 1 unspecified atom stereocenters. The number of aromatic hydroxyl groups is 1. The van der Waals surface area contributed by atoms with Crippen LogP contribution in [0.1, 0.15) is 18.4 Å². The molecule has 5 heteroatoms. The van der Waals surface area contributed by atoms with Crippen molar-refractivity contribution in [1.29, 1.82) is 0 Å². The Morgan fingerprint density at radius 1 is 1.43 bits per heavy atom. The Bertz CT molecular complexity index is 353. The van der Waals surface area contributed by atoms with Crippen molar-refractivity contribution in [3.63, 3.8) is 0 Å². The van der Waals surface area contributed by atoms with E-state index in [-0.39, 0.29) is 0 Å². The lowest BCUT2D eigenvalue weighted by atomic mass is 9.99. The predicted octanol–water partition coefficient (Wildman–Crippen LogP) is 1.86. The van der Waals surface area contributed by atoms with E-state index in [2.05, 4.69) is 0 Å². The summed E-state index contributed by atoms with van der Waals surface area (Å²) in [6.45, 7) is 1.21. The molecule has 1 aromatic rings. The molecule has 0 aliphatic heterocycles. The van der Waals surface area contributed by atoms with Gasteiger partial charge in [-0.05, 0) is 6.92 Å². The van der Waals surface area contributed by atoms with Crippen LogP contribution in [0.25, 0.3) is 0 Å². The highest BCUT2D eigenvalue weighted by molar-refractivity contribution is 5.76. The van der Waals surface area contributed by atoms with Crippen molar-refractivity contribution in [1.82, 2.24) is 0 Å². The molecule has 0 saturated heterocycles.